The Morgan fingerprint density at radius 2 is 1.84 bits per heavy atom. The van der Waals surface area contributed by atoms with E-state index in [0.29, 0.717) is 5.92 Å². The molecule has 0 unspecified atom stereocenters. The van der Waals surface area contributed by atoms with Crippen molar-refractivity contribution in [3.05, 3.63) is 35.9 Å². The van der Waals surface area contributed by atoms with Crippen molar-refractivity contribution in [1.29, 1.82) is 0 Å². The molecule has 1 aromatic carbocycles. The Hall–Kier alpha value is -1.59. The number of urea groups is 1. The summed E-state index contributed by atoms with van der Waals surface area (Å²) in [5.41, 5.74) is 1.34. The average molecular weight is 345 g/mol. The van der Waals surface area contributed by atoms with E-state index in [9.17, 15) is 9.90 Å². The van der Waals surface area contributed by atoms with Crippen molar-refractivity contribution in [3.8, 4) is 0 Å². The molecule has 4 atom stereocenters. The molecule has 1 aromatic rings. The van der Waals surface area contributed by atoms with Gasteiger partial charge < -0.3 is 15.7 Å². The van der Waals surface area contributed by atoms with Gasteiger partial charge >= 0.3 is 6.03 Å². The summed E-state index contributed by atoms with van der Waals surface area (Å²) in [6, 6.07) is 10.5. The van der Waals surface area contributed by atoms with Crippen LogP contribution in [0, 0.1) is 5.92 Å². The monoisotopic (exact) mass is 345 g/mol. The Balaban J connectivity index is 1.44. The lowest BCUT2D eigenvalue weighted by molar-refractivity contribution is 0.0922. The molecule has 5 nitrogen and oxygen atoms in total. The Morgan fingerprint density at radius 1 is 1.12 bits per heavy atom. The van der Waals surface area contributed by atoms with Gasteiger partial charge in [-0.1, -0.05) is 50.1 Å². The van der Waals surface area contributed by atoms with E-state index in [4.69, 9.17) is 0 Å². The van der Waals surface area contributed by atoms with Crippen molar-refractivity contribution in [2.45, 2.75) is 63.8 Å². The molecule has 0 spiro atoms. The Labute approximate surface area is 150 Å². The molecule has 0 bridgehead atoms. The van der Waals surface area contributed by atoms with Gasteiger partial charge in [-0.25, -0.2) is 4.79 Å². The van der Waals surface area contributed by atoms with E-state index < -0.39 is 6.10 Å². The zero-order chi connectivity index (χ0) is 17.6. The fraction of sp³-hybridized carbons (Fsp3) is 0.650. The predicted octanol–water partition coefficient (Wildman–Crippen LogP) is 2.50. The first-order valence-corrected chi connectivity index (χ1v) is 9.63. The van der Waals surface area contributed by atoms with Crippen LogP contribution in [0.1, 0.15) is 44.6 Å². The smallest absolute Gasteiger partial charge is 0.315 e. The number of carbonyl (C=O) groups is 1. The third-order valence-electron chi connectivity index (χ3n) is 5.60. The lowest BCUT2D eigenvalue weighted by Gasteiger charge is -2.38. The van der Waals surface area contributed by atoms with Crippen LogP contribution in [0.15, 0.2) is 30.3 Å². The zero-order valence-electron chi connectivity index (χ0n) is 15.2. The van der Waals surface area contributed by atoms with Crippen LogP contribution in [-0.2, 0) is 6.54 Å². The fourth-order valence-electron chi connectivity index (χ4n) is 4.09. The normalized spacial score (nSPS) is 30.6. The summed E-state index contributed by atoms with van der Waals surface area (Å²) in [5.74, 6) is 0.416. The quantitative estimate of drug-likeness (QED) is 0.786. The number of benzene rings is 1. The number of piperidine rings is 1. The van der Waals surface area contributed by atoms with E-state index in [1.807, 2.05) is 6.07 Å². The molecule has 3 rings (SSSR count). The SMILES string of the molecule is C[C@@H]1CN(Cc2ccccc2)CC[C@@H]1NC(=O)N[C@H]1CCCC[C@H]1O. The Bertz CT molecular complexity index is 551. The van der Waals surface area contributed by atoms with Crippen LogP contribution in [0.25, 0.3) is 0 Å². The lowest BCUT2D eigenvalue weighted by Crippen LogP contribution is -2.55. The van der Waals surface area contributed by atoms with Crippen LogP contribution >= 0.6 is 0 Å². The second kappa shape index (κ2) is 8.68. The topological polar surface area (TPSA) is 64.6 Å². The predicted molar refractivity (Wildman–Crippen MR) is 99.2 cm³/mol. The molecule has 3 N–H and O–H groups in total. The number of carbonyl (C=O) groups excluding carboxylic acids is 1. The number of nitrogens with zero attached hydrogens (tertiary/aromatic N) is 1. The van der Waals surface area contributed by atoms with Crippen molar-refractivity contribution >= 4 is 6.03 Å². The number of hydrogen-bond donors (Lipinski definition) is 3. The first-order chi connectivity index (χ1) is 12.1. The highest BCUT2D eigenvalue weighted by Gasteiger charge is 2.29. The second-order valence-electron chi connectivity index (χ2n) is 7.67. The minimum absolute atomic E-state index is 0.0952. The van der Waals surface area contributed by atoms with Gasteiger partial charge in [0.25, 0.3) is 0 Å². The minimum atomic E-state index is -0.398. The average Bonchev–Trinajstić information content (AvgIpc) is 2.60. The van der Waals surface area contributed by atoms with E-state index >= 15 is 0 Å². The molecule has 138 valence electrons. The third-order valence-corrected chi connectivity index (χ3v) is 5.60. The number of aliphatic hydroxyl groups excluding tert-OH is 1. The molecular formula is C20H31N3O2. The van der Waals surface area contributed by atoms with Gasteiger partial charge in [0.1, 0.15) is 0 Å². The number of rotatable bonds is 4. The highest BCUT2D eigenvalue weighted by molar-refractivity contribution is 5.74. The summed E-state index contributed by atoms with van der Waals surface area (Å²) >= 11 is 0. The molecule has 2 aliphatic rings. The maximum atomic E-state index is 12.3. The van der Waals surface area contributed by atoms with Gasteiger partial charge in [-0.3, -0.25) is 4.90 Å². The molecule has 5 heteroatoms. The van der Waals surface area contributed by atoms with Gasteiger partial charge in [-0.15, -0.1) is 0 Å². The maximum Gasteiger partial charge on any atom is 0.315 e. The molecular weight excluding hydrogens is 314 g/mol. The molecule has 1 aliphatic carbocycles. The lowest BCUT2D eigenvalue weighted by atomic mass is 9.92. The van der Waals surface area contributed by atoms with Gasteiger partial charge in [0, 0.05) is 25.7 Å². The van der Waals surface area contributed by atoms with E-state index in [2.05, 4.69) is 46.7 Å². The first-order valence-electron chi connectivity index (χ1n) is 9.63. The molecule has 0 aromatic heterocycles. The van der Waals surface area contributed by atoms with Crippen LogP contribution in [0.4, 0.5) is 4.79 Å². The van der Waals surface area contributed by atoms with Gasteiger partial charge in [-0.05, 0) is 30.7 Å². The second-order valence-corrected chi connectivity index (χ2v) is 7.67. The maximum absolute atomic E-state index is 12.3. The summed E-state index contributed by atoms with van der Waals surface area (Å²) < 4.78 is 0. The molecule has 1 saturated heterocycles. The standard InChI is InChI=1S/C20H31N3O2/c1-15-13-23(14-16-7-3-2-4-8-16)12-11-17(15)21-20(25)22-18-9-5-6-10-19(18)24/h2-4,7-8,15,17-19,24H,5-6,9-14H2,1H3,(H2,21,22,25)/t15-,17+,18+,19-/m1/s1. The fourth-order valence-corrected chi connectivity index (χ4v) is 4.09. The Kier molecular flexibility index (Phi) is 6.32. The minimum Gasteiger partial charge on any atom is -0.391 e. The highest BCUT2D eigenvalue weighted by Crippen LogP contribution is 2.20. The summed E-state index contributed by atoms with van der Waals surface area (Å²) in [5, 5.41) is 16.1. The molecule has 0 radical (unpaired) electrons. The number of likely N-dealkylation sites (tertiary alicyclic amines) is 1. The van der Waals surface area contributed by atoms with Gasteiger partial charge in [-0.2, -0.15) is 0 Å². The molecule has 1 heterocycles. The van der Waals surface area contributed by atoms with Crippen molar-refractivity contribution in [2.24, 2.45) is 5.92 Å². The number of nitrogens with one attached hydrogen (secondary N) is 2. The van der Waals surface area contributed by atoms with Crippen LogP contribution in [0.3, 0.4) is 0 Å². The Morgan fingerprint density at radius 3 is 2.56 bits per heavy atom. The summed E-state index contributed by atoms with van der Waals surface area (Å²) in [6.07, 6.45) is 4.37. The molecule has 2 fully saturated rings. The van der Waals surface area contributed by atoms with Crippen LogP contribution in [0.2, 0.25) is 0 Å². The van der Waals surface area contributed by atoms with Crippen molar-refractivity contribution in [1.82, 2.24) is 15.5 Å². The van der Waals surface area contributed by atoms with Crippen LogP contribution in [0.5, 0.6) is 0 Å². The summed E-state index contributed by atoms with van der Waals surface area (Å²) in [7, 11) is 0. The highest BCUT2D eigenvalue weighted by atomic mass is 16.3. The van der Waals surface area contributed by atoms with E-state index in [0.717, 1.165) is 51.7 Å². The number of aliphatic hydroxyl groups is 1. The molecule has 1 saturated carbocycles. The van der Waals surface area contributed by atoms with Crippen molar-refractivity contribution in [3.63, 3.8) is 0 Å². The summed E-state index contributed by atoms with van der Waals surface area (Å²) in [6.45, 7) is 5.16. The zero-order valence-corrected chi connectivity index (χ0v) is 15.2. The van der Waals surface area contributed by atoms with Gasteiger partial charge in [0.05, 0.1) is 12.1 Å². The first kappa shape index (κ1) is 18.2. The summed E-state index contributed by atoms with van der Waals surface area (Å²) in [4.78, 5) is 14.8. The van der Waals surface area contributed by atoms with Crippen molar-refractivity contribution in [2.75, 3.05) is 13.1 Å². The van der Waals surface area contributed by atoms with E-state index in [1.54, 1.807) is 0 Å². The van der Waals surface area contributed by atoms with E-state index in [-0.39, 0.29) is 18.1 Å². The number of amides is 2. The largest absolute Gasteiger partial charge is 0.391 e. The molecule has 25 heavy (non-hydrogen) atoms. The van der Waals surface area contributed by atoms with Crippen LogP contribution < -0.4 is 10.6 Å². The molecule has 2 amide bonds. The van der Waals surface area contributed by atoms with Crippen LogP contribution in [-0.4, -0.2) is 47.3 Å². The van der Waals surface area contributed by atoms with Gasteiger partial charge in [0.2, 0.25) is 0 Å². The number of hydrogen-bond acceptors (Lipinski definition) is 3. The molecule has 1 aliphatic heterocycles. The van der Waals surface area contributed by atoms with Gasteiger partial charge in [0.15, 0.2) is 0 Å². The third kappa shape index (κ3) is 5.19. The van der Waals surface area contributed by atoms with E-state index in [1.165, 1.54) is 5.56 Å². The van der Waals surface area contributed by atoms with Crippen molar-refractivity contribution < 1.29 is 9.90 Å².